The van der Waals surface area contributed by atoms with Crippen molar-refractivity contribution in [1.82, 2.24) is 10.2 Å². The molecule has 0 saturated heterocycles. The van der Waals surface area contributed by atoms with Crippen LogP contribution >= 0.6 is 0 Å². The number of hydroxylamine groups is 1. The summed E-state index contributed by atoms with van der Waals surface area (Å²) in [7, 11) is -5.50. The molecule has 5 rings (SSSR count). The van der Waals surface area contributed by atoms with Gasteiger partial charge in [0, 0.05) is 17.4 Å². The van der Waals surface area contributed by atoms with Crippen molar-refractivity contribution in [2.24, 2.45) is 50.2 Å². The molecule has 1 amide bonds. The molecule has 0 heterocycles. The average molecular weight is 617 g/mol. The number of nitrogens with one attached hydrogen (secondary N) is 2. The highest BCUT2D eigenvalue weighted by Crippen LogP contribution is 2.75. The van der Waals surface area contributed by atoms with Crippen molar-refractivity contribution in [3.63, 3.8) is 0 Å². The van der Waals surface area contributed by atoms with Gasteiger partial charge in [-0.3, -0.25) is 14.8 Å². The zero-order valence-corrected chi connectivity index (χ0v) is 26.7. The minimum Gasteiger partial charge on any atom is -0.295 e. The van der Waals surface area contributed by atoms with Gasteiger partial charge in [-0.05, 0) is 103 Å². The molecule has 0 radical (unpaired) electrons. The molecule has 5 aliphatic rings. The van der Waals surface area contributed by atoms with Gasteiger partial charge in [0.2, 0.25) is 5.91 Å². The van der Waals surface area contributed by atoms with Gasteiger partial charge in [-0.2, -0.15) is 13.2 Å². The van der Waals surface area contributed by atoms with Gasteiger partial charge >= 0.3 is 15.5 Å². The fourth-order valence-corrected chi connectivity index (χ4v) is 11.9. The Labute approximate surface area is 247 Å². The summed E-state index contributed by atoms with van der Waals surface area (Å²) in [4.78, 5) is 27.2. The lowest BCUT2D eigenvalue weighted by Gasteiger charge is -2.70. The van der Waals surface area contributed by atoms with Crippen LogP contribution in [0.5, 0.6) is 0 Å². The van der Waals surface area contributed by atoms with E-state index in [1.807, 2.05) is 37.0 Å². The third-order valence-corrected chi connectivity index (χ3v) is 15.1. The van der Waals surface area contributed by atoms with Gasteiger partial charge in [-0.1, -0.05) is 54.0 Å². The molecule has 9 atom stereocenters. The zero-order chi connectivity index (χ0) is 31.5. The molecule has 11 heteroatoms. The maximum atomic E-state index is 14.4. The SMILES string of the molecule is CC1(C)[C@H](NS(=O)(=O)C(F)(F)F)CC[C@]2(C)[C@H]3C(=O)C=C4[C@@H]5C[C@@](C)(C(=O)NO)CC[C@]5(C)CC[C@@]4(C)[C@]3(C)CC[C@@H]12. The largest absolute Gasteiger partial charge is 0.511 e. The Morgan fingerprint density at radius 2 is 1.57 bits per heavy atom. The number of hydrogen-bond acceptors (Lipinski definition) is 5. The molecule has 5 aliphatic carbocycles. The van der Waals surface area contributed by atoms with Gasteiger partial charge in [-0.15, -0.1) is 0 Å². The van der Waals surface area contributed by atoms with Crippen LogP contribution < -0.4 is 10.2 Å². The zero-order valence-electron chi connectivity index (χ0n) is 25.9. The highest BCUT2D eigenvalue weighted by atomic mass is 32.2. The molecule has 0 aliphatic heterocycles. The summed E-state index contributed by atoms with van der Waals surface area (Å²) >= 11 is 0. The molecular formula is C31H47F3N2O5S. The van der Waals surface area contributed by atoms with Crippen molar-refractivity contribution in [2.75, 3.05) is 0 Å². The van der Waals surface area contributed by atoms with Crippen LogP contribution in [0.15, 0.2) is 11.6 Å². The monoisotopic (exact) mass is 616 g/mol. The van der Waals surface area contributed by atoms with Crippen LogP contribution in [0.3, 0.4) is 0 Å². The Hall–Kier alpha value is -1.46. The second-order valence-electron chi connectivity index (χ2n) is 16.2. The second-order valence-corrected chi connectivity index (χ2v) is 17.9. The first-order valence-corrected chi connectivity index (χ1v) is 16.8. The predicted octanol–water partition coefficient (Wildman–Crippen LogP) is 6.28. The Kier molecular flexibility index (Phi) is 7.06. The summed E-state index contributed by atoms with van der Waals surface area (Å²) in [6.45, 7) is 14.4. The number of hydrogen-bond donors (Lipinski definition) is 3. The maximum absolute atomic E-state index is 14.4. The van der Waals surface area contributed by atoms with E-state index >= 15 is 0 Å². The van der Waals surface area contributed by atoms with E-state index in [-0.39, 0.29) is 40.8 Å². The lowest BCUT2D eigenvalue weighted by atomic mass is 9.33. The number of fused-ring (bicyclic) bond motifs is 7. The average Bonchev–Trinajstić information content (AvgIpc) is 2.86. The number of ketones is 1. The van der Waals surface area contributed by atoms with E-state index in [2.05, 4.69) is 27.7 Å². The van der Waals surface area contributed by atoms with Crippen LogP contribution in [0.25, 0.3) is 0 Å². The Morgan fingerprint density at radius 1 is 0.952 bits per heavy atom. The van der Waals surface area contributed by atoms with Crippen LogP contribution in [0, 0.1) is 50.2 Å². The van der Waals surface area contributed by atoms with Crippen molar-refractivity contribution >= 4 is 21.7 Å². The van der Waals surface area contributed by atoms with E-state index in [0.29, 0.717) is 32.1 Å². The number of halogens is 3. The number of rotatable bonds is 3. The second kappa shape index (κ2) is 9.28. The van der Waals surface area contributed by atoms with Crippen LogP contribution in [0.4, 0.5) is 13.2 Å². The number of amides is 1. The molecule has 238 valence electrons. The van der Waals surface area contributed by atoms with E-state index in [0.717, 1.165) is 24.8 Å². The van der Waals surface area contributed by atoms with Crippen molar-refractivity contribution in [3.05, 3.63) is 11.6 Å². The molecule has 0 unspecified atom stereocenters. The summed E-state index contributed by atoms with van der Waals surface area (Å²) < 4.78 is 66.0. The molecule has 7 nitrogen and oxygen atoms in total. The molecule has 0 aromatic heterocycles. The molecule has 0 spiro atoms. The molecule has 3 N–H and O–H groups in total. The number of carbonyl (C=O) groups excluding carboxylic acids is 2. The Balaban J connectivity index is 1.54. The number of allylic oxidation sites excluding steroid dienone is 2. The minimum absolute atomic E-state index is 0.0171. The highest BCUT2D eigenvalue weighted by molar-refractivity contribution is 7.90. The van der Waals surface area contributed by atoms with Gasteiger partial charge in [0.15, 0.2) is 5.78 Å². The summed E-state index contributed by atoms with van der Waals surface area (Å²) in [5.74, 6) is -0.830. The van der Waals surface area contributed by atoms with Crippen LogP contribution in [-0.4, -0.2) is 36.9 Å². The van der Waals surface area contributed by atoms with Gasteiger partial charge < -0.3 is 0 Å². The Bertz CT molecular complexity index is 1330. The van der Waals surface area contributed by atoms with E-state index < -0.39 is 49.1 Å². The molecule has 0 aromatic rings. The first kappa shape index (κ1) is 31.9. The topological polar surface area (TPSA) is 113 Å². The minimum atomic E-state index is -5.50. The summed E-state index contributed by atoms with van der Waals surface area (Å²) in [5, 5.41) is 9.47. The fourth-order valence-electron chi connectivity index (χ4n) is 11.0. The molecule has 4 fully saturated rings. The molecule has 0 bridgehead atoms. The number of alkyl halides is 3. The Morgan fingerprint density at radius 3 is 2.17 bits per heavy atom. The van der Waals surface area contributed by atoms with Crippen LogP contribution in [0.1, 0.15) is 106 Å². The molecule has 4 saturated carbocycles. The molecule has 0 aromatic carbocycles. The van der Waals surface area contributed by atoms with E-state index in [9.17, 15) is 36.4 Å². The van der Waals surface area contributed by atoms with Crippen molar-refractivity contribution in [1.29, 1.82) is 0 Å². The lowest BCUT2D eigenvalue weighted by molar-refractivity contribution is -0.188. The third-order valence-electron chi connectivity index (χ3n) is 13.9. The summed E-state index contributed by atoms with van der Waals surface area (Å²) in [6.07, 6.45) is 7.84. The van der Waals surface area contributed by atoms with E-state index in [1.54, 1.807) is 0 Å². The molecular weight excluding hydrogens is 569 g/mol. The van der Waals surface area contributed by atoms with Gasteiger partial charge in [0.1, 0.15) is 0 Å². The first-order chi connectivity index (χ1) is 19.0. The van der Waals surface area contributed by atoms with Crippen molar-refractivity contribution in [2.45, 2.75) is 118 Å². The van der Waals surface area contributed by atoms with Crippen molar-refractivity contribution < 1.29 is 36.4 Å². The van der Waals surface area contributed by atoms with Gasteiger partial charge in [0.05, 0.1) is 0 Å². The van der Waals surface area contributed by atoms with Crippen molar-refractivity contribution in [3.8, 4) is 0 Å². The van der Waals surface area contributed by atoms with Gasteiger partial charge in [0.25, 0.3) is 0 Å². The first-order valence-electron chi connectivity index (χ1n) is 15.3. The van der Waals surface area contributed by atoms with Gasteiger partial charge in [-0.25, -0.2) is 18.6 Å². The smallest absolute Gasteiger partial charge is 0.295 e. The summed E-state index contributed by atoms with van der Waals surface area (Å²) in [6, 6.07) is -0.889. The fraction of sp³-hybridized carbons (Fsp3) is 0.871. The summed E-state index contributed by atoms with van der Waals surface area (Å²) in [5.41, 5.74) is -5.22. The van der Waals surface area contributed by atoms with E-state index in [4.69, 9.17) is 0 Å². The van der Waals surface area contributed by atoms with E-state index in [1.165, 1.54) is 0 Å². The normalized spacial score (nSPS) is 46.8. The van der Waals surface area contributed by atoms with Crippen LogP contribution in [0.2, 0.25) is 0 Å². The number of sulfonamides is 1. The van der Waals surface area contributed by atoms with Crippen LogP contribution in [-0.2, 0) is 19.6 Å². The predicted molar refractivity (Wildman–Crippen MR) is 151 cm³/mol. The molecule has 42 heavy (non-hydrogen) atoms. The highest BCUT2D eigenvalue weighted by Gasteiger charge is 2.70. The standard InChI is InChI=1S/C31H47F3N2O5S/c1-25(2)21-8-11-30(7)23(28(21,5)10-9-22(25)36-42(40,41)31(32,33)34)20(37)16-18-19-17-27(4,24(38)35-39)13-12-26(19,3)14-15-29(18,30)6/h16,19,21-23,36,39H,8-15,17H2,1-7H3,(H,35,38)/t19-,21-,22+,23+,26+,27-,28-,29+,30+/m0/s1. The third kappa shape index (κ3) is 4.14. The maximum Gasteiger partial charge on any atom is 0.511 e. The number of carbonyl (C=O) groups is 2. The quantitative estimate of drug-likeness (QED) is 0.255. The lowest BCUT2D eigenvalue weighted by Crippen LogP contribution is -2.68.